The van der Waals surface area contributed by atoms with Crippen LogP contribution < -0.4 is 5.32 Å². The topological polar surface area (TPSA) is 88.0 Å². The van der Waals surface area contributed by atoms with Crippen LogP contribution in [0.1, 0.15) is 19.3 Å². The molecule has 112 valence electrons. The van der Waals surface area contributed by atoms with Gasteiger partial charge in [-0.1, -0.05) is 0 Å². The molecule has 3 N–H and O–H groups in total. The molecule has 0 bridgehead atoms. The molecule has 0 aromatic rings. The number of aliphatic hydroxyl groups is 2. The zero-order chi connectivity index (χ0) is 14.7. The molecule has 2 aliphatic rings. The monoisotopic (exact) mass is 283 g/mol. The van der Waals surface area contributed by atoms with E-state index in [4.69, 9.17) is 9.47 Å². The lowest BCUT2D eigenvalue weighted by Crippen LogP contribution is -2.38. The number of aliphatic hydroxyl groups excluding tert-OH is 2. The molecule has 0 spiro atoms. The van der Waals surface area contributed by atoms with Gasteiger partial charge in [0.2, 0.25) is 5.91 Å². The first-order valence-electron chi connectivity index (χ1n) is 7.36. The molecule has 2 fully saturated rings. The van der Waals surface area contributed by atoms with Gasteiger partial charge in [-0.15, -0.1) is 0 Å². The molecular weight excluding hydrogens is 260 g/mol. The SMILES string of the molecule is B[C@H]1CC(O)[C@@H](CNC(=O)CC2C[C@H](B)O[C@@H]2CO)O1. The Hall–Kier alpha value is -0.560. The van der Waals surface area contributed by atoms with Gasteiger partial charge >= 0.3 is 0 Å². The van der Waals surface area contributed by atoms with Gasteiger partial charge < -0.3 is 25.0 Å². The van der Waals surface area contributed by atoms with Gasteiger partial charge in [0.1, 0.15) is 21.8 Å². The molecule has 1 amide bonds. The average Bonchev–Trinajstić information content (AvgIpc) is 2.89. The van der Waals surface area contributed by atoms with Crippen LogP contribution in [-0.4, -0.2) is 75.3 Å². The first kappa shape index (κ1) is 15.8. The van der Waals surface area contributed by atoms with Crippen LogP contribution in [0, 0.1) is 5.92 Å². The summed E-state index contributed by atoms with van der Waals surface area (Å²) in [5.74, 6) is -0.0233. The van der Waals surface area contributed by atoms with Crippen molar-refractivity contribution in [2.24, 2.45) is 5.92 Å². The van der Waals surface area contributed by atoms with E-state index in [1.807, 2.05) is 15.7 Å². The molecule has 0 aliphatic carbocycles. The molecule has 6 nitrogen and oxygen atoms in total. The maximum Gasteiger partial charge on any atom is 0.220 e. The predicted molar refractivity (Wildman–Crippen MR) is 77.9 cm³/mol. The molecule has 20 heavy (non-hydrogen) atoms. The van der Waals surface area contributed by atoms with Crippen LogP contribution >= 0.6 is 0 Å². The van der Waals surface area contributed by atoms with E-state index in [0.717, 1.165) is 6.42 Å². The van der Waals surface area contributed by atoms with Crippen molar-refractivity contribution in [2.75, 3.05) is 13.2 Å². The minimum atomic E-state index is -0.509. The highest BCUT2D eigenvalue weighted by Gasteiger charge is 2.34. The van der Waals surface area contributed by atoms with Crippen molar-refractivity contribution >= 4 is 21.6 Å². The Morgan fingerprint density at radius 1 is 1.20 bits per heavy atom. The van der Waals surface area contributed by atoms with Crippen LogP contribution in [0.2, 0.25) is 0 Å². The third-order valence-electron chi connectivity index (χ3n) is 4.11. The number of ether oxygens (including phenoxy) is 2. The van der Waals surface area contributed by atoms with Crippen LogP contribution in [0.3, 0.4) is 0 Å². The molecule has 2 heterocycles. The highest BCUT2D eigenvalue weighted by Crippen LogP contribution is 2.27. The Labute approximate surface area is 121 Å². The molecule has 2 unspecified atom stereocenters. The molecule has 2 rings (SSSR count). The Bertz CT molecular complexity index is 346. The number of nitrogens with one attached hydrogen (secondary N) is 1. The van der Waals surface area contributed by atoms with E-state index >= 15 is 0 Å². The van der Waals surface area contributed by atoms with Crippen molar-refractivity contribution < 1.29 is 24.5 Å². The fraction of sp³-hybridized carbons (Fsp3) is 0.917. The lowest BCUT2D eigenvalue weighted by Gasteiger charge is -2.18. The Kier molecular flexibility index (Phi) is 5.49. The number of hydrogen-bond donors (Lipinski definition) is 3. The van der Waals surface area contributed by atoms with Crippen LogP contribution in [0.15, 0.2) is 0 Å². The van der Waals surface area contributed by atoms with Gasteiger partial charge in [-0.05, 0) is 18.8 Å². The summed E-state index contributed by atoms with van der Waals surface area (Å²) < 4.78 is 11.1. The third kappa shape index (κ3) is 3.97. The maximum absolute atomic E-state index is 11.9. The Balaban J connectivity index is 1.73. The van der Waals surface area contributed by atoms with E-state index in [1.54, 1.807) is 0 Å². The smallest absolute Gasteiger partial charge is 0.220 e. The Morgan fingerprint density at radius 2 is 1.85 bits per heavy atom. The maximum atomic E-state index is 11.9. The largest absolute Gasteiger partial charge is 0.394 e. The fourth-order valence-electron chi connectivity index (χ4n) is 3.10. The molecule has 0 aromatic carbocycles. The normalized spacial score (nSPS) is 40.9. The number of hydrogen-bond acceptors (Lipinski definition) is 5. The summed E-state index contributed by atoms with van der Waals surface area (Å²) in [7, 11) is 3.86. The van der Waals surface area contributed by atoms with Crippen molar-refractivity contribution in [3.8, 4) is 0 Å². The van der Waals surface area contributed by atoms with Crippen LogP contribution in [0.5, 0.6) is 0 Å². The van der Waals surface area contributed by atoms with Gasteiger partial charge in [-0.2, -0.15) is 0 Å². The second kappa shape index (κ2) is 6.93. The van der Waals surface area contributed by atoms with E-state index in [0.29, 0.717) is 19.4 Å². The second-order valence-electron chi connectivity index (χ2n) is 5.96. The number of carbonyl (C=O) groups is 1. The standard InChI is InChI=1S/C12H23B2NO5/c13-10-1-6(9(5-16)20-10)2-12(18)15-4-8-7(17)3-11(14)19-8/h6-11,16-17H,1-5,13-14H2,(H,15,18)/t6?,7?,8-,9-,10-,11-/m1/s1. The summed E-state index contributed by atoms with van der Waals surface area (Å²) in [4.78, 5) is 11.9. The van der Waals surface area contributed by atoms with Crippen molar-refractivity contribution in [2.45, 2.75) is 49.6 Å². The van der Waals surface area contributed by atoms with E-state index in [1.165, 1.54) is 0 Å². The zero-order valence-electron chi connectivity index (χ0n) is 12.1. The van der Waals surface area contributed by atoms with Crippen LogP contribution in [0.4, 0.5) is 0 Å². The van der Waals surface area contributed by atoms with Gasteiger partial charge in [-0.3, -0.25) is 4.79 Å². The molecule has 0 radical (unpaired) electrons. The van der Waals surface area contributed by atoms with Crippen LogP contribution in [0.25, 0.3) is 0 Å². The van der Waals surface area contributed by atoms with Gasteiger partial charge in [0.05, 0.1) is 18.8 Å². The molecule has 0 saturated carbocycles. The van der Waals surface area contributed by atoms with Gasteiger partial charge in [0.25, 0.3) is 0 Å². The highest BCUT2D eigenvalue weighted by atomic mass is 16.5. The van der Waals surface area contributed by atoms with Gasteiger partial charge in [0, 0.05) is 25.0 Å². The molecule has 0 aromatic heterocycles. The number of rotatable bonds is 5. The first-order chi connectivity index (χ1) is 9.49. The molecular formula is C12H23B2NO5. The van der Waals surface area contributed by atoms with E-state index < -0.39 is 6.10 Å². The minimum Gasteiger partial charge on any atom is -0.394 e. The number of carbonyl (C=O) groups excluding carboxylic acids is 1. The second-order valence-corrected chi connectivity index (χ2v) is 5.96. The minimum absolute atomic E-state index is 0.0368. The predicted octanol–water partition coefficient (Wildman–Crippen LogP) is -3.04. The summed E-state index contributed by atoms with van der Waals surface area (Å²) in [5, 5.41) is 21.8. The van der Waals surface area contributed by atoms with Crippen molar-refractivity contribution in [3.05, 3.63) is 0 Å². The first-order valence-corrected chi connectivity index (χ1v) is 7.36. The van der Waals surface area contributed by atoms with Crippen LogP contribution in [-0.2, 0) is 14.3 Å². The summed E-state index contributed by atoms with van der Waals surface area (Å²) in [6, 6.07) is 0.126. The van der Waals surface area contributed by atoms with E-state index in [9.17, 15) is 15.0 Å². The van der Waals surface area contributed by atoms with Crippen molar-refractivity contribution in [1.29, 1.82) is 0 Å². The van der Waals surface area contributed by atoms with Gasteiger partial charge in [-0.25, -0.2) is 0 Å². The quantitative estimate of drug-likeness (QED) is 0.467. The average molecular weight is 283 g/mol. The summed E-state index contributed by atoms with van der Waals surface area (Å²) in [6.45, 7) is 0.279. The lowest BCUT2D eigenvalue weighted by atomic mass is 9.89. The fourth-order valence-corrected chi connectivity index (χ4v) is 3.10. The molecule has 8 heteroatoms. The summed E-state index contributed by atoms with van der Waals surface area (Å²) in [6.07, 6.45) is 0.670. The van der Waals surface area contributed by atoms with Crippen molar-refractivity contribution in [1.82, 2.24) is 5.32 Å². The molecule has 2 saturated heterocycles. The highest BCUT2D eigenvalue weighted by molar-refractivity contribution is 6.11. The molecule has 2 aliphatic heterocycles. The zero-order valence-corrected chi connectivity index (χ0v) is 12.1. The van der Waals surface area contributed by atoms with E-state index in [2.05, 4.69) is 5.32 Å². The van der Waals surface area contributed by atoms with Gasteiger partial charge in [0.15, 0.2) is 0 Å². The van der Waals surface area contributed by atoms with Crippen molar-refractivity contribution in [3.63, 3.8) is 0 Å². The lowest BCUT2D eigenvalue weighted by molar-refractivity contribution is -0.123. The Morgan fingerprint density at radius 3 is 2.45 bits per heavy atom. The number of amides is 1. The summed E-state index contributed by atoms with van der Waals surface area (Å²) in [5.41, 5.74) is 0. The third-order valence-corrected chi connectivity index (χ3v) is 4.11. The summed E-state index contributed by atoms with van der Waals surface area (Å²) >= 11 is 0. The molecule has 6 atom stereocenters. The van der Waals surface area contributed by atoms with E-state index in [-0.39, 0.29) is 42.6 Å².